The third kappa shape index (κ3) is 5.43. The zero-order valence-electron chi connectivity index (χ0n) is 25.3. The van der Waals surface area contributed by atoms with Crippen molar-refractivity contribution < 1.29 is 32.2 Å². The molecule has 1 aliphatic rings. The van der Waals surface area contributed by atoms with E-state index in [-0.39, 0.29) is 35.0 Å². The van der Waals surface area contributed by atoms with Gasteiger partial charge in [-0.15, -0.1) is 11.8 Å². The molecule has 11 heteroatoms. The maximum atomic E-state index is 15.4. The summed E-state index contributed by atoms with van der Waals surface area (Å²) in [5, 5.41) is 0.488. The number of aromatic nitrogens is 3. The molecule has 2 aromatic heterocycles. The molecule has 3 heterocycles. The first-order valence-corrected chi connectivity index (χ1v) is 15.8. The number of imidazole rings is 1. The van der Waals surface area contributed by atoms with E-state index in [1.165, 1.54) is 36.2 Å². The van der Waals surface area contributed by atoms with Gasteiger partial charge in [0.05, 0.1) is 34.9 Å². The highest BCUT2D eigenvalue weighted by Gasteiger charge is 2.38. The maximum absolute atomic E-state index is 15.4. The van der Waals surface area contributed by atoms with E-state index in [9.17, 15) is 9.18 Å². The van der Waals surface area contributed by atoms with E-state index in [0.717, 1.165) is 16.9 Å². The Kier molecular flexibility index (Phi) is 8.30. The maximum Gasteiger partial charge on any atom is 0.306 e. The van der Waals surface area contributed by atoms with Crippen LogP contribution in [0.25, 0.3) is 22.3 Å². The van der Waals surface area contributed by atoms with Crippen LogP contribution in [0.1, 0.15) is 43.5 Å². The number of ether oxygens (including phenoxy) is 3. The van der Waals surface area contributed by atoms with Crippen molar-refractivity contribution in [3.05, 3.63) is 89.1 Å². The van der Waals surface area contributed by atoms with Crippen LogP contribution in [0.3, 0.4) is 0 Å². The van der Waals surface area contributed by atoms with Gasteiger partial charge in [-0.25, -0.2) is 13.8 Å². The summed E-state index contributed by atoms with van der Waals surface area (Å²) in [5.74, 6) is -2.05. The number of carbonyl (C=O) groups excluding carboxylic acids is 1. The standard InChI is InChI=1S/C34H32F3N3O4S/c1-5-42-26(41)12-9-19-7-6-8-23-30(19)43-16-14-34(23,2)25-18-40(3)33(39-25)22-17-20(10-11-24(22)35)44-31-28(37)27(36)29-21(13-15-38-29)32(31)45-4/h6-8,10-11,13,15,17-18,38H,5,9,12,14,16H2,1-4H3. The number of H-pyrrole nitrogens is 1. The van der Waals surface area contributed by atoms with E-state index < -0.39 is 22.9 Å². The first kappa shape index (κ1) is 30.6. The molecule has 0 fully saturated rings. The van der Waals surface area contributed by atoms with Crippen LogP contribution in [0.2, 0.25) is 0 Å². The van der Waals surface area contributed by atoms with Gasteiger partial charge in [-0.3, -0.25) is 4.79 Å². The van der Waals surface area contributed by atoms with Crippen LogP contribution in [0, 0.1) is 17.5 Å². The number of nitrogens with zero attached hydrogens (tertiary/aromatic N) is 2. The van der Waals surface area contributed by atoms with E-state index in [4.69, 9.17) is 19.2 Å². The second-order valence-electron chi connectivity index (χ2n) is 11.1. The Morgan fingerprint density at radius 3 is 2.78 bits per heavy atom. The number of carbonyl (C=O) groups is 1. The van der Waals surface area contributed by atoms with Crippen molar-refractivity contribution in [3.8, 4) is 28.6 Å². The number of hydrogen-bond donors (Lipinski definition) is 1. The van der Waals surface area contributed by atoms with E-state index in [0.29, 0.717) is 47.9 Å². The van der Waals surface area contributed by atoms with Gasteiger partial charge in [-0.1, -0.05) is 18.2 Å². The van der Waals surface area contributed by atoms with Gasteiger partial charge < -0.3 is 23.8 Å². The number of esters is 1. The molecular weight excluding hydrogens is 603 g/mol. The summed E-state index contributed by atoms with van der Waals surface area (Å²) in [6.07, 6.45) is 6.49. The monoisotopic (exact) mass is 635 g/mol. The Labute approximate surface area is 262 Å². The van der Waals surface area contributed by atoms with Crippen LogP contribution >= 0.6 is 11.8 Å². The molecule has 0 aliphatic carbocycles. The molecule has 0 spiro atoms. The molecule has 234 valence electrons. The lowest BCUT2D eigenvalue weighted by molar-refractivity contribution is -0.143. The normalized spacial score (nSPS) is 16.0. The van der Waals surface area contributed by atoms with Crippen molar-refractivity contribution in [2.24, 2.45) is 7.05 Å². The van der Waals surface area contributed by atoms with Gasteiger partial charge in [0.15, 0.2) is 11.6 Å². The molecule has 7 nitrogen and oxygen atoms in total. The quantitative estimate of drug-likeness (QED) is 0.130. The molecule has 6 rings (SSSR count). The number of para-hydroxylation sites is 1. The number of fused-ring (bicyclic) bond motifs is 2. The van der Waals surface area contributed by atoms with Crippen LogP contribution in [0.5, 0.6) is 17.2 Å². The number of benzene rings is 3. The van der Waals surface area contributed by atoms with Crippen molar-refractivity contribution in [1.82, 2.24) is 14.5 Å². The minimum absolute atomic E-state index is 0.0545. The number of aromatic amines is 1. The molecule has 1 aliphatic heterocycles. The molecule has 1 unspecified atom stereocenters. The average molecular weight is 636 g/mol. The number of hydrogen-bond acceptors (Lipinski definition) is 6. The summed E-state index contributed by atoms with van der Waals surface area (Å²) in [4.78, 5) is 20.1. The van der Waals surface area contributed by atoms with Crippen LogP contribution in [0.15, 0.2) is 59.8 Å². The van der Waals surface area contributed by atoms with Crippen molar-refractivity contribution >= 4 is 28.6 Å². The smallest absolute Gasteiger partial charge is 0.306 e. The molecule has 5 aromatic rings. The van der Waals surface area contributed by atoms with E-state index in [1.54, 1.807) is 30.9 Å². The molecular formula is C34H32F3N3O4S. The minimum atomic E-state index is -1.13. The van der Waals surface area contributed by atoms with Gasteiger partial charge in [0.1, 0.15) is 23.1 Å². The molecule has 1 N–H and O–H groups in total. The van der Waals surface area contributed by atoms with Gasteiger partial charge in [0, 0.05) is 42.2 Å². The minimum Gasteiger partial charge on any atom is -0.493 e. The summed E-state index contributed by atoms with van der Waals surface area (Å²) in [7, 11) is 1.78. The van der Waals surface area contributed by atoms with Crippen LogP contribution in [0.4, 0.5) is 13.2 Å². The molecule has 0 saturated carbocycles. The molecule has 45 heavy (non-hydrogen) atoms. The molecule has 3 aromatic carbocycles. The first-order valence-electron chi connectivity index (χ1n) is 14.6. The predicted molar refractivity (Wildman–Crippen MR) is 167 cm³/mol. The van der Waals surface area contributed by atoms with Gasteiger partial charge in [-0.05, 0) is 62.8 Å². The second-order valence-corrected chi connectivity index (χ2v) is 11.9. The third-order valence-corrected chi connectivity index (χ3v) is 9.11. The van der Waals surface area contributed by atoms with Crippen LogP contribution < -0.4 is 9.47 Å². The van der Waals surface area contributed by atoms with Crippen LogP contribution in [-0.2, 0) is 28.4 Å². The van der Waals surface area contributed by atoms with Gasteiger partial charge >= 0.3 is 5.97 Å². The highest BCUT2D eigenvalue weighted by atomic mass is 32.2. The highest BCUT2D eigenvalue weighted by molar-refractivity contribution is 7.99. The number of halogens is 3. The molecule has 0 amide bonds. The number of rotatable bonds is 9. The topological polar surface area (TPSA) is 78.4 Å². The van der Waals surface area contributed by atoms with Crippen molar-refractivity contribution in [2.75, 3.05) is 19.5 Å². The predicted octanol–water partition coefficient (Wildman–Crippen LogP) is 8.08. The first-order chi connectivity index (χ1) is 21.7. The molecule has 0 radical (unpaired) electrons. The molecule has 1 atom stereocenters. The molecule has 0 bridgehead atoms. The second kappa shape index (κ2) is 12.2. The Bertz CT molecular complexity index is 1920. The highest BCUT2D eigenvalue weighted by Crippen LogP contribution is 2.46. The Balaban J connectivity index is 1.35. The largest absolute Gasteiger partial charge is 0.493 e. The lowest BCUT2D eigenvalue weighted by atomic mass is 9.74. The number of thioether (sulfide) groups is 1. The zero-order chi connectivity index (χ0) is 31.9. The molecule has 0 saturated heterocycles. The Morgan fingerprint density at radius 2 is 2.00 bits per heavy atom. The number of nitrogens with one attached hydrogen (secondary N) is 1. The van der Waals surface area contributed by atoms with Crippen molar-refractivity contribution in [3.63, 3.8) is 0 Å². The summed E-state index contributed by atoms with van der Waals surface area (Å²) in [6, 6.07) is 11.6. The van der Waals surface area contributed by atoms with E-state index >= 15 is 8.78 Å². The number of aryl methyl sites for hydroxylation is 2. The lowest BCUT2D eigenvalue weighted by Gasteiger charge is -2.35. The van der Waals surface area contributed by atoms with Gasteiger partial charge in [0.2, 0.25) is 5.82 Å². The van der Waals surface area contributed by atoms with Crippen molar-refractivity contribution in [2.45, 2.75) is 43.4 Å². The van der Waals surface area contributed by atoms with Gasteiger partial charge in [-0.2, -0.15) is 4.39 Å². The summed E-state index contributed by atoms with van der Waals surface area (Å²) >= 11 is 1.22. The fourth-order valence-electron chi connectivity index (χ4n) is 5.92. The Hall–Kier alpha value is -4.38. The SMILES string of the molecule is CCOC(=O)CCc1cccc2c1OCCC2(C)c1cn(C)c(-c2cc(Oc3c(F)c(F)c4[nH]ccc4c3SC)ccc2F)n1. The average Bonchev–Trinajstić information content (AvgIpc) is 3.68. The van der Waals surface area contributed by atoms with Gasteiger partial charge in [0.25, 0.3) is 0 Å². The lowest BCUT2D eigenvalue weighted by Crippen LogP contribution is -2.32. The van der Waals surface area contributed by atoms with Crippen molar-refractivity contribution in [1.29, 1.82) is 0 Å². The fourth-order valence-corrected chi connectivity index (χ4v) is 6.63. The zero-order valence-corrected chi connectivity index (χ0v) is 26.1. The summed E-state index contributed by atoms with van der Waals surface area (Å²) in [6.45, 7) is 4.62. The van der Waals surface area contributed by atoms with E-state index in [1.807, 2.05) is 24.4 Å². The fraction of sp³-hybridized carbons (Fsp3) is 0.294. The Morgan fingerprint density at radius 1 is 1.18 bits per heavy atom. The summed E-state index contributed by atoms with van der Waals surface area (Å²) < 4.78 is 64.2. The third-order valence-electron chi connectivity index (χ3n) is 8.30. The van der Waals surface area contributed by atoms with E-state index in [2.05, 4.69) is 11.9 Å². The van der Waals surface area contributed by atoms with Crippen LogP contribution in [-0.4, -0.2) is 40.0 Å². The summed E-state index contributed by atoms with van der Waals surface area (Å²) in [5.41, 5.74) is 2.19.